The highest BCUT2D eigenvalue weighted by Gasteiger charge is 2.01. The summed E-state index contributed by atoms with van der Waals surface area (Å²) in [5.41, 5.74) is 5.61. The van der Waals surface area contributed by atoms with Crippen molar-refractivity contribution in [2.24, 2.45) is 4.99 Å². The smallest absolute Gasteiger partial charge is 0.269 e. The number of nitrogens with one attached hydrogen (secondary N) is 1. The Balaban J connectivity index is 2.47. The number of aliphatic imine (C=N–C) groups is 1. The van der Waals surface area contributed by atoms with E-state index < -0.39 is 0 Å². The molecule has 7 heavy (non-hydrogen) atoms. The number of carbonyl (C=O) groups excluding carboxylic acids is 1. The maximum Gasteiger partial charge on any atom is 0.283 e. The van der Waals surface area contributed by atoms with Gasteiger partial charge in [-0.1, -0.05) is 0 Å². The molecule has 1 N–H and O–H groups in total. The molecule has 0 atom stereocenters. The minimum Gasteiger partial charge on any atom is -0.269 e. The average Bonchev–Trinajstić information content (AvgIpc) is 1.69. The molecule has 0 saturated heterocycles. The summed E-state index contributed by atoms with van der Waals surface area (Å²) < 4.78 is 0. The second-order valence-electron chi connectivity index (χ2n) is 1.10. The first kappa shape index (κ1) is 4.11. The lowest BCUT2D eigenvalue weighted by molar-refractivity contribution is -0.120. The van der Waals surface area contributed by atoms with Crippen LogP contribution >= 0.6 is 0 Å². The number of hydrogen-bond donors (Lipinski definition) is 1. The Hall–Kier alpha value is -1.06. The fourth-order valence-electron chi connectivity index (χ4n) is 0.301. The minimum atomic E-state index is -0.220. The van der Waals surface area contributed by atoms with Crippen molar-refractivity contribution in [3.05, 3.63) is 0 Å². The largest absolute Gasteiger partial charge is 0.283 e. The van der Waals surface area contributed by atoms with Crippen LogP contribution in [0, 0.1) is 0 Å². The highest BCUT2D eigenvalue weighted by Crippen LogP contribution is 1.71. The summed E-state index contributed by atoms with van der Waals surface area (Å²) in [5.74, 6) is -0.220. The Morgan fingerprint density at radius 3 is 3.00 bits per heavy atom. The Morgan fingerprint density at radius 1 is 1.86 bits per heavy atom. The van der Waals surface area contributed by atoms with Gasteiger partial charge < -0.3 is 0 Å². The number of nitrogens with zero attached hydrogens (tertiary/aromatic N) is 2. The van der Waals surface area contributed by atoms with Crippen LogP contribution in [0.2, 0.25) is 0 Å². The molecule has 4 heteroatoms. The topological polar surface area (TPSA) is 55.6 Å². The van der Waals surface area contributed by atoms with Gasteiger partial charge in [0.2, 0.25) is 0 Å². The molecule has 0 aromatic carbocycles. The molecule has 0 unspecified atom stereocenters. The van der Waals surface area contributed by atoms with Crippen LogP contribution in [0.1, 0.15) is 0 Å². The van der Waals surface area contributed by atoms with Gasteiger partial charge in [0, 0.05) is 0 Å². The van der Waals surface area contributed by atoms with E-state index in [2.05, 4.69) is 15.8 Å². The van der Waals surface area contributed by atoms with Crippen LogP contribution in [0.5, 0.6) is 0 Å². The predicted octanol–water partition coefficient (Wildman–Crippen LogP) is -1.34. The Kier molecular flexibility index (Phi) is 0.934. The normalized spacial score (nSPS) is 18.0. The van der Waals surface area contributed by atoms with Gasteiger partial charge >= 0.3 is 0 Å². The molecule has 0 bridgehead atoms. The van der Waals surface area contributed by atoms with Crippen LogP contribution in [-0.2, 0) is 4.79 Å². The van der Waals surface area contributed by atoms with Crippen LogP contribution in [0.25, 0.3) is 0 Å². The van der Waals surface area contributed by atoms with Crippen molar-refractivity contribution in [2.75, 3.05) is 6.54 Å². The first-order chi connectivity index (χ1) is 3.39. The zero-order valence-corrected chi connectivity index (χ0v) is 3.59. The number of carbonyl (C=O) groups is 1. The SMILES string of the molecule is O=C1CN=CN[N]1. The summed E-state index contributed by atoms with van der Waals surface area (Å²) in [6.07, 6.45) is 1.39. The minimum absolute atomic E-state index is 0.187. The van der Waals surface area contributed by atoms with E-state index in [1.807, 2.05) is 0 Å². The standard InChI is InChI=1S/C3H4N3O/c7-3-1-4-2-5-6-3/h2H,1H2,(H,4,5). The molecule has 37 valence electrons. The van der Waals surface area contributed by atoms with E-state index in [0.29, 0.717) is 0 Å². The summed E-state index contributed by atoms with van der Waals surface area (Å²) in [6, 6.07) is 0. The van der Waals surface area contributed by atoms with E-state index in [1.54, 1.807) is 0 Å². The molecule has 1 amide bonds. The van der Waals surface area contributed by atoms with E-state index in [1.165, 1.54) is 6.34 Å². The zero-order valence-electron chi connectivity index (χ0n) is 3.59. The molecular formula is C3H4N3O. The van der Waals surface area contributed by atoms with E-state index in [0.717, 1.165) is 0 Å². The second kappa shape index (κ2) is 1.59. The van der Waals surface area contributed by atoms with E-state index >= 15 is 0 Å². The van der Waals surface area contributed by atoms with Crippen molar-refractivity contribution >= 4 is 12.2 Å². The van der Waals surface area contributed by atoms with Gasteiger partial charge in [-0.3, -0.25) is 15.2 Å². The maximum atomic E-state index is 10.1. The van der Waals surface area contributed by atoms with Crippen LogP contribution in [-0.4, -0.2) is 18.8 Å². The highest BCUT2D eigenvalue weighted by atomic mass is 16.2. The summed E-state index contributed by atoms with van der Waals surface area (Å²) in [6.45, 7) is 0.187. The molecule has 1 rings (SSSR count). The molecule has 4 nitrogen and oxygen atoms in total. The van der Waals surface area contributed by atoms with Gasteiger partial charge in [-0.2, -0.15) is 0 Å². The Morgan fingerprint density at radius 2 is 2.71 bits per heavy atom. The predicted molar refractivity (Wildman–Crippen MR) is 23.6 cm³/mol. The average molecular weight is 98.1 g/mol. The zero-order chi connectivity index (χ0) is 5.11. The molecule has 1 heterocycles. The third-order valence-electron chi connectivity index (χ3n) is 0.565. The third-order valence-corrected chi connectivity index (χ3v) is 0.565. The number of rotatable bonds is 0. The quantitative estimate of drug-likeness (QED) is 0.408. The van der Waals surface area contributed by atoms with Gasteiger partial charge in [0.05, 0.1) is 0 Å². The van der Waals surface area contributed by atoms with Gasteiger partial charge in [-0.05, 0) is 0 Å². The van der Waals surface area contributed by atoms with Crippen molar-refractivity contribution in [1.29, 1.82) is 0 Å². The van der Waals surface area contributed by atoms with Gasteiger partial charge in [0.25, 0.3) is 5.91 Å². The molecule has 1 aliphatic heterocycles. The lowest BCUT2D eigenvalue weighted by Crippen LogP contribution is -2.34. The van der Waals surface area contributed by atoms with Gasteiger partial charge in [-0.25, -0.2) is 0 Å². The van der Waals surface area contributed by atoms with Gasteiger partial charge in [0.1, 0.15) is 12.9 Å². The van der Waals surface area contributed by atoms with E-state index in [9.17, 15) is 4.79 Å². The summed E-state index contributed by atoms with van der Waals surface area (Å²) in [4.78, 5) is 13.7. The lowest BCUT2D eigenvalue weighted by Gasteiger charge is -2.00. The lowest BCUT2D eigenvalue weighted by atomic mass is 10.6. The second-order valence-corrected chi connectivity index (χ2v) is 1.10. The molecule has 1 radical (unpaired) electrons. The van der Waals surface area contributed by atoms with Crippen LogP contribution in [0.15, 0.2) is 4.99 Å². The monoisotopic (exact) mass is 98.0 g/mol. The van der Waals surface area contributed by atoms with E-state index in [-0.39, 0.29) is 12.5 Å². The molecular weight excluding hydrogens is 94.1 g/mol. The van der Waals surface area contributed by atoms with Crippen molar-refractivity contribution < 1.29 is 4.79 Å². The molecule has 0 aromatic rings. The van der Waals surface area contributed by atoms with Crippen LogP contribution < -0.4 is 10.9 Å². The molecule has 0 saturated carbocycles. The maximum absolute atomic E-state index is 10.1. The van der Waals surface area contributed by atoms with Crippen molar-refractivity contribution in [3.63, 3.8) is 0 Å². The highest BCUT2D eigenvalue weighted by molar-refractivity contribution is 5.82. The van der Waals surface area contributed by atoms with Gasteiger partial charge in [0.15, 0.2) is 0 Å². The summed E-state index contributed by atoms with van der Waals surface area (Å²) >= 11 is 0. The van der Waals surface area contributed by atoms with Crippen LogP contribution in [0.4, 0.5) is 0 Å². The first-order valence-electron chi connectivity index (χ1n) is 1.87. The summed E-state index contributed by atoms with van der Waals surface area (Å²) in [5, 5.41) is 0. The Labute approximate surface area is 40.6 Å². The van der Waals surface area contributed by atoms with Crippen molar-refractivity contribution in [2.45, 2.75) is 0 Å². The van der Waals surface area contributed by atoms with Crippen LogP contribution in [0.3, 0.4) is 0 Å². The summed E-state index contributed by atoms with van der Waals surface area (Å²) in [7, 11) is 0. The number of hydrogen-bond acceptors (Lipinski definition) is 3. The molecule has 0 fully saturated rings. The molecule has 1 aliphatic rings. The first-order valence-corrected chi connectivity index (χ1v) is 1.87. The fraction of sp³-hybridized carbons (Fsp3) is 0.333. The molecule has 0 spiro atoms. The van der Waals surface area contributed by atoms with Crippen molar-refractivity contribution in [1.82, 2.24) is 10.9 Å². The molecule has 0 aromatic heterocycles. The number of amides is 1. The van der Waals surface area contributed by atoms with Gasteiger partial charge in [-0.15, -0.1) is 5.43 Å². The van der Waals surface area contributed by atoms with Crippen molar-refractivity contribution in [3.8, 4) is 0 Å². The Bertz CT molecular complexity index is 109. The van der Waals surface area contributed by atoms with E-state index in [4.69, 9.17) is 0 Å². The molecule has 0 aliphatic carbocycles. The fourth-order valence-corrected chi connectivity index (χ4v) is 0.301. The third kappa shape index (κ3) is 0.887.